The molecule has 0 saturated carbocycles. The molecule has 48 heavy (non-hydrogen) atoms. The number of aliphatic carboxylic acids is 1. The van der Waals surface area contributed by atoms with Crippen molar-refractivity contribution in [1.82, 2.24) is 30.0 Å². The van der Waals surface area contributed by atoms with Crippen LogP contribution in [-0.4, -0.2) is 57.4 Å². The highest BCUT2D eigenvalue weighted by Crippen LogP contribution is 2.40. The number of carboxylic acids is 1. The average Bonchev–Trinajstić information content (AvgIpc) is 3.62. The van der Waals surface area contributed by atoms with Crippen LogP contribution in [0.15, 0.2) is 54.6 Å². The first-order valence-electron chi connectivity index (χ1n) is 16.7. The van der Waals surface area contributed by atoms with E-state index < -0.39 is 29.4 Å². The van der Waals surface area contributed by atoms with Crippen molar-refractivity contribution in [1.29, 1.82) is 0 Å². The Hall–Kier alpha value is -4.02. The number of aromatic nitrogens is 6. The summed E-state index contributed by atoms with van der Waals surface area (Å²) in [7, 11) is 0. The number of halogens is 1. The fourth-order valence-corrected chi connectivity index (χ4v) is 6.79. The van der Waals surface area contributed by atoms with Crippen LogP contribution < -0.4 is 0 Å². The summed E-state index contributed by atoms with van der Waals surface area (Å²) in [5, 5.41) is 53.0. The minimum atomic E-state index is -0.938. The fraction of sp³-hybridized carbons (Fsp3) is 0.486. The second-order valence-electron chi connectivity index (χ2n) is 15.0. The first-order valence-corrected chi connectivity index (χ1v) is 17.1. The van der Waals surface area contributed by atoms with Gasteiger partial charge in [-0.05, 0) is 84.4 Å². The lowest BCUT2D eigenvalue weighted by Crippen LogP contribution is -2.39. The molecule has 0 aliphatic rings. The molecule has 0 saturated heterocycles. The molecule has 3 aromatic carbocycles. The van der Waals surface area contributed by atoms with Crippen LogP contribution in [-0.2, 0) is 16.6 Å². The van der Waals surface area contributed by atoms with Gasteiger partial charge in [0.25, 0.3) is 0 Å². The van der Waals surface area contributed by atoms with E-state index in [9.17, 15) is 20.1 Å². The number of fused-ring (bicyclic) bond motifs is 2. The number of phenolic OH excluding ortho intramolecular Hbond substituents is 1. The third-order valence-corrected chi connectivity index (χ3v) is 9.51. The molecule has 0 amide bonds. The van der Waals surface area contributed by atoms with Gasteiger partial charge in [-0.15, -0.1) is 15.0 Å². The van der Waals surface area contributed by atoms with Crippen LogP contribution in [0.5, 0.6) is 5.75 Å². The molecule has 0 aliphatic heterocycles. The Balaban J connectivity index is 1.49. The standard InChI is InChI=1S/C37H47ClN6O4/c1-8-11-25(36(2,3)4)33(45)31(43-39-27-12-9-10-13-28(27)40-43)17-14-23(35(47)48)18-22-19-26(37(5,6)7)34(46)32(20-22)44-41-29-16-15-24(38)21-30(29)42-44/h9-10,12-13,15-16,19-21,23,25,31,33,45-46H,8,11,14,17-18H2,1-7H3,(H,47,48). The zero-order chi connectivity index (χ0) is 35.0. The van der Waals surface area contributed by atoms with E-state index >= 15 is 0 Å². The second-order valence-corrected chi connectivity index (χ2v) is 15.5. The first-order chi connectivity index (χ1) is 22.6. The number of rotatable bonds is 12. The van der Waals surface area contributed by atoms with Crippen molar-refractivity contribution in [2.45, 2.75) is 98.1 Å². The highest BCUT2D eigenvalue weighted by molar-refractivity contribution is 6.31. The van der Waals surface area contributed by atoms with Gasteiger partial charge in [0.1, 0.15) is 33.5 Å². The molecule has 4 unspecified atom stereocenters. The Bertz CT molecular complexity index is 1870. The van der Waals surface area contributed by atoms with Crippen LogP contribution in [0.3, 0.4) is 0 Å². The van der Waals surface area contributed by atoms with Crippen LogP contribution in [0.4, 0.5) is 0 Å². The zero-order valence-corrected chi connectivity index (χ0v) is 29.6. The summed E-state index contributed by atoms with van der Waals surface area (Å²) in [4.78, 5) is 15.8. The Kier molecular flexibility index (Phi) is 10.2. The first kappa shape index (κ1) is 35.3. The van der Waals surface area contributed by atoms with Crippen molar-refractivity contribution in [3.8, 4) is 11.4 Å². The lowest BCUT2D eigenvalue weighted by atomic mass is 9.72. The Morgan fingerprint density at radius 2 is 1.48 bits per heavy atom. The zero-order valence-electron chi connectivity index (χ0n) is 28.9. The van der Waals surface area contributed by atoms with Gasteiger partial charge >= 0.3 is 5.97 Å². The van der Waals surface area contributed by atoms with Gasteiger partial charge < -0.3 is 15.3 Å². The van der Waals surface area contributed by atoms with Crippen LogP contribution in [0.25, 0.3) is 27.8 Å². The van der Waals surface area contributed by atoms with Crippen LogP contribution in [0, 0.1) is 17.3 Å². The van der Waals surface area contributed by atoms with Gasteiger partial charge in [-0.2, -0.15) is 15.0 Å². The molecule has 0 radical (unpaired) electrons. The van der Waals surface area contributed by atoms with Crippen LogP contribution in [0.2, 0.25) is 5.02 Å². The molecular formula is C37H47ClN6O4. The molecule has 3 N–H and O–H groups in total. The molecule has 2 aromatic heterocycles. The summed E-state index contributed by atoms with van der Waals surface area (Å²) in [5.74, 6) is -1.73. The molecule has 2 heterocycles. The predicted octanol–water partition coefficient (Wildman–Crippen LogP) is 7.91. The van der Waals surface area contributed by atoms with Gasteiger partial charge in [0.05, 0.1) is 18.1 Å². The average molecular weight is 675 g/mol. The number of hydrogen-bond acceptors (Lipinski definition) is 7. The van der Waals surface area contributed by atoms with E-state index in [1.807, 2.05) is 51.1 Å². The van der Waals surface area contributed by atoms with Gasteiger partial charge in [0.2, 0.25) is 0 Å². The van der Waals surface area contributed by atoms with E-state index in [-0.39, 0.29) is 29.9 Å². The minimum absolute atomic E-state index is 0.0358. The molecular weight excluding hydrogens is 628 g/mol. The molecule has 10 nitrogen and oxygen atoms in total. The molecule has 5 aromatic rings. The van der Waals surface area contributed by atoms with Gasteiger partial charge in [-0.25, -0.2) is 0 Å². The van der Waals surface area contributed by atoms with Crippen molar-refractivity contribution in [3.05, 3.63) is 70.7 Å². The normalized spacial score (nSPS) is 15.1. The maximum absolute atomic E-state index is 12.8. The highest BCUT2D eigenvalue weighted by atomic mass is 35.5. The third kappa shape index (κ3) is 7.65. The SMILES string of the molecule is CCCC(C(O)C(CCC(Cc1cc(-n2nc3ccc(Cl)cc3n2)c(O)c(C(C)(C)C)c1)C(=O)O)n1nc2ccccc2n1)C(C)(C)C. The van der Waals surface area contributed by atoms with Gasteiger partial charge in [0.15, 0.2) is 0 Å². The number of aromatic hydroxyl groups is 1. The molecule has 5 rings (SSSR count). The number of aliphatic hydroxyl groups excluding tert-OH is 1. The van der Waals surface area contributed by atoms with Crippen molar-refractivity contribution in [2.24, 2.45) is 17.3 Å². The minimum Gasteiger partial charge on any atom is -0.505 e. The monoisotopic (exact) mass is 674 g/mol. The van der Waals surface area contributed by atoms with Crippen LogP contribution in [0.1, 0.15) is 91.3 Å². The van der Waals surface area contributed by atoms with E-state index in [1.165, 1.54) is 4.80 Å². The summed E-state index contributed by atoms with van der Waals surface area (Å²) in [6.45, 7) is 14.5. The van der Waals surface area contributed by atoms with Crippen molar-refractivity contribution in [3.63, 3.8) is 0 Å². The number of benzene rings is 3. The smallest absolute Gasteiger partial charge is 0.306 e. The van der Waals surface area contributed by atoms with Crippen molar-refractivity contribution < 1.29 is 20.1 Å². The van der Waals surface area contributed by atoms with E-state index in [2.05, 4.69) is 37.9 Å². The van der Waals surface area contributed by atoms with E-state index in [0.717, 1.165) is 29.4 Å². The molecule has 0 aliphatic carbocycles. The van der Waals surface area contributed by atoms with E-state index in [0.29, 0.717) is 33.7 Å². The number of carboxylic acid groups (broad SMARTS) is 1. The Morgan fingerprint density at radius 1 is 0.854 bits per heavy atom. The summed E-state index contributed by atoms with van der Waals surface area (Å²) >= 11 is 6.18. The Morgan fingerprint density at radius 3 is 2.06 bits per heavy atom. The highest BCUT2D eigenvalue weighted by Gasteiger charge is 2.38. The number of nitrogens with zero attached hydrogens (tertiary/aromatic N) is 6. The fourth-order valence-electron chi connectivity index (χ4n) is 6.63. The maximum atomic E-state index is 12.8. The predicted molar refractivity (Wildman–Crippen MR) is 189 cm³/mol. The second kappa shape index (κ2) is 13.8. The topological polar surface area (TPSA) is 139 Å². The lowest BCUT2D eigenvalue weighted by Gasteiger charge is -2.38. The summed E-state index contributed by atoms with van der Waals surface area (Å²) < 4.78 is 0. The summed E-state index contributed by atoms with van der Waals surface area (Å²) in [6, 6.07) is 15.9. The number of phenols is 1. The molecule has 0 bridgehead atoms. The molecule has 0 spiro atoms. The van der Waals surface area contributed by atoms with Gasteiger partial charge in [-0.3, -0.25) is 4.79 Å². The van der Waals surface area contributed by atoms with E-state index in [4.69, 9.17) is 21.8 Å². The number of hydrogen-bond donors (Lipinski definition) is 3. The number of carbonyl (C=O) groups is 1. The Labute approximate surface area is 286 Å². The quantitative estimate of drug-likeness (QED) is 0.121. The summed E-state index contributed by atoms with van der Waals surface area (Å²) in [6.07, 6.45) is 1.78. The molecule has 256 valence electrons. The maximum Gasteiger partial charge on any atom is 0.306 e. The number of aliphatic hydroxyl groups is 1. The largest absolute Gasteiger partial charge is 0.505 e. The van der Waals surface area contributed by atoms with Crippen LogP contribution >= 0.6 is 11.6 Å². The molecule has 4 atom stereocenters. The van der Waals surface area contributed by atoms with Gasteiger partial charge in [-0.1, -0.05) is 84.7 Å². The van der Waals surface area contributed by atoms with Gasteiger partial charge in [0, 0.05) is 10.6 Å². The molecule has 0 fully saturated rings. The summed E-state index contributed by atoms with van der Waals surface area (Å²) in [5.41, 5.74) is 3.76. The molecule has 11 heteroatoms. The van der Waals surface area contributed by atoms with E-state index in [1.54, 1.807) is 29.1 Å². The third-order valence-electron chi connectivity index (χ3n) is 9.27. The van der Waals surface area contributed by atoms with Crippen molar-refractivity contribution in [2.75, 3.05) is 0 Å². The van der Waals surface area contributed by atoms with Crippen molar-refractivity contribution >= 4 is 39.6 Å². The lowest BCUT2D eigenvalue weighted by molar-refractivity contribution is -0.142.